The number of rotatable bonds is 5. The molecule has 0 aliphatic heterocycles. The van der Waals surface area contributed by atoms with Gasteiger partial charge in [0.1, 0.15) is 5.65 Å². The molecule has 138 valence electrons. The number of pyridine rings is 1. The number of carbonyl (C=O) groups excluding carboxylic acids is 2. The lowest BCUT2D eigenvalue weighted by Gasteiger charge is -2.04. The monoisotopic (exact) mass is 388 g/mol. The van der Waals surface area contributed by atoms with Gasteiger partial charge in [-0.3, -0.25) is 9.59 Å². The van der Waals surface area contributed by atoms with Gasteiger partial charge in [0.25, 0.3) is 0 Å². The third-order valence-corrected chi connectivity index (χ3v) is 5.23. The van der Waals surface area contributed by atoms with E-state index >= 15 is 0 Å². The van der Waals surface area contributed by atoms with Crippen LogP contribution in [-0.4, -0.2) is 26.6 Å². The molecule has 0 spiro atoms. The highest BCUT2D eigenvalue weighted by atomic mass is 32.1. The molecule has 0 saturated carbocycles. The van der Waals surface area contributed by atoms with Crippen molar-refractivity contribution in [3.63, 3.8) is 0 Å². The highest BCUT2D eigenvalue weighted by Gasteiger charge is 2.12. The molecule has 1 aromatic carbocycles. The SMILES string of the molecule is Cc1ncc(C(=O)c2ccc(-c3cnc4[nH]cc(/C=C/C(N)=O)c4c3)cc2)s1. The number of fused-ring (bicyclic) bond motifs is 1. The summed E-state index contributed by atoms with van der Waals surface area (Å²) in [7, 11) is 0. The van der Waals surface area contributed by atoms with Crippen molar-refractivity contribution in [1.82, 2.24) is 15.0 Å². The van der Waals surface area contributed by atoms with E-state index < -0.39 is 5.91 Å². The Bertz CT molecular complexity index is 1220. The van der Waals surface area contributed by atoms with E-state index in [0.717, 1.165) is 32.7 Å². The fraction of sp³-hybridized carbons (Fsp3) is 0.0476. The van der Waals surface area contributed by atoms with Crippen molar-refractivity contribution < 1.29 is 9.59 Å². The Hall–Kier alpha value is -3.58. The summed E-state index contributed by atoms with van der Waals surface area (Å²) in [5.74, 6) is -0.537. The summed E-state index contributed by atoms with van der Waals surface area (Å²) >= 11 is 1.39. The summed E-state index contributed by atoms with van der Waals surface area (Å²) in [6, 6.07) is 9.40. The first-order valence-electron chi connectivity index (χ1n) is 8.53. The second-order valence-electron chi connectivity index (χ2n) is 6.25. The fourth-order valence-corrected chi connectivity index (χ4v) is 3.65. The minimum atomic E-state index is -0.505. The molecule has 1 amide bonds. The number of nitrogens with one attached hydrogen (secondary N) is 1. The van der Waals surface area contributed by atoms with Gasteiger partial charge in [-0.15, -0.1) is 11.3 Å². The first-order chi connectivity index (χ1) is 13.5. The van der Waals surface area contributed by atoms with Crippen molar-refractivity contribution in [3.8, 4) is 11.1 Å². The van der Waals surface area contributed by atoms with Gasteiger partial charge in [0.15, 0.2) is 0 Å². The molecule has 28 heavy (non-hydrogen) atoms. The maximum absolute atomic E-state index is 12.5. The lowest BCUT2D eigenvalue weighted by Crippen LogP contribution is -2.04. The van der Waals surface area contributed by atoms with Crippen LogP contribution in [0.15, 0.2) is 55.0 Å². The summed E-state index contributed by atoms with van der Waals surface area (Å²) < 4.78 is 0. The molecule has 7 heteroatoms. The molecular weight excluding hydrogens is 372 g/mol. The molecule has 4 aromatic rings. The van der Waals surface area contributed by atoms with Crippen LogP contribution in [0.1, 0.15) is 25.8 Å². The Labute approximate surface area is 164 Å². The number of H-pyrrole nitrogens is 1. The molecule has 3 N–H and O–H groups in total. The maximum atomic E-state index is 12.5. The number of hydrogen-bond acceptors (Lipinski definition) is 5. The van der Waals surface area contributed by atoms with Gasteiger partial charge in [-0.1, -0.05) is 24.3 Å². The maximum Gasteiger partial charge on any atom is 0.241 e. The van der Waals surface area contributed by atoms with Gasteiger partial charge >= 0.3 is 0 Å². The number of primary amides is 1. The Balaban J connectivity index is 1.65. The summed E-state index contributed by atoms with van der Waals surface area (Å²) in [4.78, 5) is 35.8. The molecule has 3 aromatic heterocycles. The van der Waals surface area contributed by atoms with Gasteiger partial charge in [0, 0.05) is 46.7 Å². The average molecular weight is 388 g/mol. The molecule has 0 bridgehead atoms. The molecular formula is C21H16N4O2S. The van der Waals surface area contributed by atoms with Gasteiger partial charge < -0.3 is 10.7 Å². The molecule has 0 aliphatic rings. The predicted octanol–water partition coefficient (Wildman–Crippen LogP) is 3.72. The first-order valence-corrected chi connectivity index (χ1v) is 9.35. The third-order valence-electron chi connectivity index (χ3n) is 4.32. The van der Waals surface area contributed by atoms with Crippen molar-refractivity contribution in [1.29, 1.82) is 0 Å². The predicted molar refractivity (Wildman–Crippen MR) is 110 cm³/mol. The lowest BCUT2D eigenvalue weighted by atomic mass is 10.0. The standard InChI is InChI=1S/C21H16N4O2S/c1-12-23-11-18(28-12)20(27)14-4-2-13(3-5-14)16-8-17-15(6-7-19(22)26)9-24-21(17)25-10-16/h2-11H,1H3,(H2,22,26)(H,24,25)/b7-6+. The number of ketones is 1. The van der Waals surface area contributed by atoms with Crippen molar-refractivity contribution >= 4 is 40.1 Å². The first kappa shape index (κ1) is 17.8. The number of hydrogen-bond donors (Lipinski definition) is 2. The zero-order valence-corrected chi connectivity index (χ0v) is 15.8. The average Bonchev–Trinajstić information content (AvgIpc) is 3.31. The minimum Gasteiger partial charge on any atom is -0.366 e. The second-order valence-corrected chi connectivity index (χ2v) is 7.48. The fourth-order valence-electron chi connectivity index (χ4n) is 2.91. The van der Waals surface area contributed by atoms with E-state index in [1.165, 1.54) is 17.4 Å². The van der Waals surface area contributed by atoms with Crippen molar-refractivity contribution in [3.05, 3.63) is 76.0 Å². The molecule has 0 fully saturated rings. The number of carbonyl (C=O) groups is 2. The third kappa shape index (κ3) is 3.47. The van der Waals surface area contributed by atoms with Crippen molar-refractivity contribution in [2.24, 2.45) is 5.73 Å². The number of thiazole rings is 1. The van der Waals surface area contributed by atoms with Gasteiger partial charge in [-0.2, -0.15) is 0 Å². The number of aromatic amines is 1. The molecule has 0 unspecified atom stereocenters. The van der Waals surface area contributed by atoms with E-state index in [2.05, 4.69) is 15.0 Å². The van der Waals surface area contributed by atoms with E-state index in [1.54, 1.807) is 24.7 Å². The quantitative estimate of drug-likeness (QED) is 0.402. The van der Waals surface area contributed by atoms with Crippen LogP contribution in [0.2, 0.25) is 0 Å². The van der Waals surface area contributed by atoms with Crippen molar-refractivity contribution in [2.45, 2.75) is 6.92 Å². The zero-order chi connectivity index (χ0) is 19.7. The van der Waals surface area contributed by atoms with Crippen LogP contribution in [-0.2, 0) is 4.79 Å². The van der Waals surface area contributed by atoms with Crippen LogP contribution in [0.5, 0.6) is 0 Å². The van der Waals surface area contributed by atoms with Crippen LogP contribution in [0.3, 0.4) is 0 Å². The van der Waals surface area contributed by atoms with Gasteiger partial charge in [0.05, 0.1) is 9.88 Å². The zero-order valence-electron chi connectivity index (χ0n) is 15.0. The number of amides is 1. The number of aromatic nitrogens is 3. The number of benzene rings is 1. The Morgan fingerprint density at radius 1 is 1.11 bits per heavy atom. The smallest absolute Gasteiger partial charge is 0.241 e. The summed E-state index contributed by atoms with van der Waals surface area (Å²) in [6.07, 6.45) is 8.13. The van der Waals surface area contributed by atoms with Crippen molar-refractivity contribution in [2.75, 3.05) is 0 Å². The summed E-state index contributed by atoms with van der Waals surface area (Å²) in [5, 5.41) is 1.75. The highest BCUT2D eigenvalue weighted by Crippen LogP contribution is 2.26. The normalized spacial score (nSPS) is 11.3. The van der Waals surface area contributed by atoms with E-state index in [0.29, 0.717) is 10.4 Å². The molecule has 0 radical (unpaired) electrons. The molecule has 0 saturated heterocycles. The van der Waals surface area contributed by atoms with Gasteiger partial charge in [-0.05, 0) is 24.6 Å². The number of nitrogens with zero attached hydrogens (tertiary/aromatic N) is 2. The van der Waals surface area contributed by atoms with E-state index in [1.807, 2.05) is 37.3 Å². The van der Waals surface area contributed by atoms with Gasteiger partial charge in [-0.25, -0.2) is 9.97 Å². The van der Waals surface area contributed by atoms with Crippen LogP contribution in [0, 0.1) is 6.92 Å². The largest absolute Gasteiger partial charge is 0.366 e. The van der Waals surface area contributed by atoms with E-state index in [9.17, 15) is 9.59 Å². The summed E-state index contributed by atoms with van der Waals surface area (Å²) in [6.45, 7) is 1.88. The van der Waals surface area contributed by atoms with E-state index in [-0.39, 0.29) is 5.78 Å². The van der Waals surface area contributed by atoms with E-state index in [4.69, 9.17) is 5.73 Å². The van der Waals surface area contributed by atoms with Crippen LogP contribution in [0.25, 0.3) is 28.2 Å². The molecule has 0 aliphatic carbocycles. The molecule has 3 heterocycles. The minimum absolute atomic E-state index is 0.0322. The number of nitrogens with two attached hydrogens (primary N) is 1. The number of aryl methyl sites for hydroxylation is 1. The molecule has 6 nitrogen and oxygen atoms in total. The molecule has 0 atom stereocenters. The Morgan fingerprint density at radius 2 is 1.89 bits per heavy atom. The van der Waals surface area contributed by atoms with Crippen LogP contribution >= 0.6 is 11.3 Å². The lowest BCUT2D eigenvalue weighted by molar-refractivity contribution is -0.113. The van der Waals surface area contributed by atoms with Gasteiger partial charge in [0.2, 0.25) is 11.7 Å². The Morgan fingerprint density at radius 3 is 2.57 bits per heavy atom. The Kier molecular flexibility index (Phi) is 4.58. The van der Waals surface area contributed by atoms with Crippen LogP contribution in [0.4, 0.5) is 0 Å². The summed E-state index contributed by atoms with van der Waals surface area (Å²) in [5.41, 5.74) is 9.20. The molecule has 4 rings (SSSR count). The second kappa shape index (κ2) is 7.21. The van der Waals surface area contributed by atoms with Crippen LogP contribution < -0.4 is 5.73 Å². The highest BCUT2D eigenvalue weighted by molar-refractivity contribution is 7.13. The topological polar surface area (TPSA) is 102 Å².